The lowest BCUT2D eigenvalue weighted by molar-refractivity contribution is 0.327. The fraction of sp³-hybridized carbons (Fsp3) is 0.538. The molecule has 0 fully saturated rings. The maximum atomic E-state index is 4.33. The largest absolute Gasteiger partial charge is 0.311 e. The zero-order valence-corrected chi connectivity index (χ0v) is 12.7. The fourth-order valence-electron chi connectivity index (χ4n) is 1.70. The third-order valence-corrected chi connectivity index (χ3v) is 3.72. The molecular weight excluding hydrogens is 292 g/mol. The minimum atomic E-state index is 0.336. The molecule has 2 aromatic heterocycles. The van der Waals surface area contributed by atoms with E-state index in [1.54, 1.807) is 6.20 Å². The van der Waals surface area contributed by atoms with Gasteiger partial charge in [-0.05, 0) is 27.8 Å². The molecule has 18 heavy (non-hydrogen) atoms. The van der Waals surface area contributed by atoms with Gasteiger partial charge < -0.3 is 5.32 Å². The van der Waals surface area contributed by atoms with Crippen LogP contribution in [0, 0.1) is 5.41 Å². The molecule has 0 saturated heterocycles. The van der Waals surface area contributed by atoms with Crippen molar-refractivity contribution in [3.8, 4) is 0 Å². The van der Waals surface area contributed by atoms with Crippen LogP contribution in [0.3, 0.4) is 0 Å². The second-order valence-electron chi connectivity index (χ2n) is 5.31. The Morgan fingerprint density at radius 1 is 1.33 bits per heavy atom. The summed E-state index contributed by atoms with van der Waals surface area (Å²) in [5.74, 6) is 0. The van der Waals surface area contributed by atoms with E-state index in [0.717, 1.165) is 29.0 Å². The highest BCUT2D eigenvalue weighted by atomic mass is 79.9. The molecule has 2 rings (SSSR count). The lowest BCUT2D eigenvalue weighted by Gasteiger charge is -2.22. The van der Waals surface area contributed by atoms with Gasteiger partial charge in [0.05, 0.1) is 18.1 Å². The zero-order chi connectivity index (χ0) is 13.2. The fourth-order valence-corrected chi connectivity index (χ4v) is 2.01. The predicted molar refractivity (Wildman–Crippen MR) is 76.5 cm³/mol. The van der Waals surface area contributed by atoms with Gasteiger partial charge >= 0.3 is 0 Å². The van der Waals surface area contributed by atoms with Gasteiger partial charge in [-0.25, -0.2) is 9.97 Å². The summed E-state index contributed by atoms with van der Waals surface area (Å²) >= 11 is 3.38. The van der Waals surface area contributed by atoms with Crippen LogP contribution in [-0.4, -0.2) is 20.9 Å². The highest BCUT2D eigenvalue weighted by Gasteiger charge is 2.14. The number of hydrogen-bond donors (Lipinski definition) is 1. The summed E-state index contributed by atoms with van der Waals surface area (Å²) in [7, 11) is 0. The summed E-state index contributed by atoms with van der Waals surface area (Å²) < 4.78 is 2.88. The molecule has 0 aliphatic heterocycles. The quantitative estimate of drug-likeness (QED) is 0.923. The Morgan fingerprint density at radius 2 is 2.11 bits per heavy atom. The van der Waals surface area contributed by atoms with Gasteiger partial charge in [-0.15, -0.1) is 0 Å². The monoisotopic (exact) mass is 310 g/mol. The van der Waals surface area contributed by atoms with Crippen molar-refractivity contribution in [2.45, 2.75) is 33.7 Å². The van der Waals surface area contributed by atoms with Gasteiger partial charge in [-0.3, -0.25) is 4.40 Å². The van der Waals surface area contributed by atoms with E-state index in [0.29, 0.717) is 5.41 Å². The minimum absolute atomic E-state index is 0.336. The first kappa shape index (κ1) is 13.5. The summed E-state index contributed by atoms with van der Waals surface area (Å²) in [5, 5.41) is 3.49. The number of fused-ring (bicyclic) bond motifs is 1. The molecule has 98 valence electrons. The molecule has 0 spiro atoms. The molecular formula is C13H19BrN4. The molecule has 0 radical (unpaired) electrons. The predicted octanol–water partition coefficient (Wildman–Crippen LogP) is 3.02. The second-order valence-corrected chi connectivity index (χ2v) is 6.12. The van der Waals surface area contributed by atoms with Crippen molar-refractivity contribution < 1.29 is 0 Å². The van der Waals surface area contributed by atoms with Crippen LogP contribution in [0.15, 0.2) is 23.2 Å². The summed E-state index contributed by atoms with van der Waals surface area (Å²) in [6, 6.07) is 0. The number of rotatable bonds is 5. The maximum absolute atomic E-state index is 4.33. The first-order valence-electron chi connectivity index (χ1n) is 6.20. The van der Waals surface area contributed by atoms with Gasteiger partial charge in [0.2, 0.25) is 0 Å². The lowest BCUT2D eigenvalue weighted by Crippen LogP contribution is -2.28. The molecule has 4 nitrogen and oxygen atoms in total. The molecule has 2 heterocycles. The molecule has 0 aliphatic carbocycles. The van der Waals surface area contributed by atoms with Gasteiger partial charge in [-0.1, -0.05) is 20.8 Å². The molecule has 0 aromatic carbocycles. The number of aromatic nitrogens is 3. The summed E-state index contributed by atoms with van der Waals surface area (Å²) in [6.45, 7) is 8.59. The number of nitrogens with one attached hydrogen (secondary N) is 1. The molecule has 0 saturated carbocycles. The van der Waals surface area contributed by atoms with E-state index in [1.165, 1.54) is 6.42 Å². The molecule has 0 aliphatic rings. The lowest BCUT2D eigenvalue weighted by atomic mass is 9.90. The Kier molecular flexibility index (Phi) is 4.02. The normalized spacial score (nSPS) is 12.2. The molecule has 1 N–H and O–H groups in total. The Balaban J connectivity index is 2.06. The van der Waals surface area contributed by atoms with Crippen molar-refractivity contribution in [3.63, 3.8) is 0 Å². The van der Waals surface area contributed by atoms with E-state index < -0.39 is 0 Å². The van der Waals surface area contributed by atoms with Crippen LogP contribution in [-0.2, 0) is 6.54 Å². The van der Waals surface area contributed by atoms with Gasteiger partial charge in [0, 0.05) is 19.3 Å². The van der Waals surface area contributed by atoms with Crippen LogP contribution in [0.1, 0.15) is 32.9 Å². The van der Waals surface area contributed by atoms with Crippen LogP contribution in [0.5, 0.6) is 0 Å². The summed E-state index contributed by atoms with van der Waals surface area (Å²) in [5.41, 5.74) is 2.37. The highest BCUT2D eigenvalue weighted by Crippen LogP contribution is 2.18. The van der Waals surface area contributed by atoms with Crippen LogP contribution < -0.4 is 5.32 Å². The van der Waals surface area contributed by atoms with Crippen LogP contribution in [0.4, 0.5) is 0 Å². The van der Waals surface area contributed by atoms with Crippen molar-refractivity contribution in [2.24, 2.45) is 5.41 Å². The Labute approximate surface area is 116 Å². The summed E-state index contributed by atoms with van der Waals surface area (Å²) in [4.78, 5) is 8.50. The molecule has 0 amide bonds. The topological polar surface area (TPSA) is 42.2 Å². The Hall–Kier alpha value is -0.940. The van der Waals surface area contributed by atoms with Gasteiger partial charge in [0.25, 0.3) is 0 Å². The van der Waals surface area contributed by atoms with Crippen molar-refractivity contribution in [1.29, 1.82) is 0 Å². The third kappa shape index (κ3) is 3.09. The zero-order valence-electron chi connectivity index (χ0n) is 11.1. The van der Waals surface area contributed by atoms with Crippen molar-refractivity contribution in [1.82, 2.24) is 19.7 Å². The van der Waals surface area contributed by atoms with Gasteiger partial charge in [-0.2, -0.15) is 0 Å². The van der Waals surface area contributed by atoms with Gasteiger partial charge in [0.1, 0.15) is 4.60 Å². The highest BCUT2D eigenvalue weighted by molar-refractivity contribution is 9.10. The third-order valence-electron chi connectivity index (χ3n) is 3.31. The van der Waals surface area contributed by atoms with Crippen LogP contribution >= 0.6 is 15.9 Å². The number of halogens is 1. The first-order valence-corrected chi connectivity index (χ1v) is 6.99. The van der Waals surface area contributed by atoms with Crippen molar-refractivity contribution in [2.75, 3.05) is 6.54 Å². The number of nitrogens with zero attached hydrogens (tertiary/aromatic N) is 3. The van der Waals surface area contributed by atoms with E-state index in [2.05, 4.69) is 56.4 Å². The summed E-state index contributed by atoms with van der Waals surface area (Å²) in [6.07, 6.45) is 6.78. The van der Waals surface area contributed by atoms with Crippen molar-refractivity contribution >= 4 is 21.6 Å². The van der Waals surface area contributed by atoms with E-state index in [1.807, 2.05) is 12.4 Å². The first-order chi connectivity index (χ1) is 8.52. The van der Waals surface area contributed by atoms with E-state index in [-0.39, 0.29) is 0 Å². The van der Waals surface area contributed by atoms with Crippen LogP contribution in [0.25, 0.3) is 5.65 Å². The smallest absolute Gasteiger partial charge is 0.155 e. The van der Waals surface area contributed by atoms with Crippen molar-refractivity contribution in [3.05, 3.63) is 28.9 Å². The Morgan fingerprint density at radius 3 is 2.83 bits per heavy atom. The molecule has 0 atom stereocenters. The molecule has 0 bridgehead atoms. The average molecular weight is 311 g/mol. The maximum Gasteiger partial charge on any atom is 0.155 e. The number of hydrogen-bond acceptors (Lipinski definition) is 3. The average Bonchev–Trinajstić information content (AvgIpc) is 2.72. The van der Waals surface area contributed by atoms with E-state index in [9.17, 15) is 0 Å². The van der Waals surface area contributed by atoms with E-state index >= 15 is 0 Å². The molecule has 2 aromatic rings. The number of imidazole rings is 1. The standard InChI is InChI=1S/C13H19BrN4/c1-4-13(2,3)9-15-5-10-6-17-12-7-16-11(14)8-18(10)12/h6-8,15H,4-5,9H2,1-3H3. The minimum Gasteiger partial charge on any atom is -0.311 e. The van der Waals surface area contributed by atoms with E-state index in [4.69, 9.17) is 0 Å². The SMILES string of the molecule is CCC(C)(C)CNCc1cnc2cnc(Br)cn12. The second kappa shape index (κ2) is 5.36. The van der Waals surface area contributed by atoms with Gasteiger partial charge in [0.15, 0.2) is 5.65 Å². The molecule has 0 unspecified atom stereocenters. The van der Waals surface area contributed by atoms with Crippen LogP contribution in [0.2, 0.25) is 0 Å². The Bertz CT molecular complexity index is 533. The molecule has 5 heteroatoms.